The lowest BCUT2D eigenvalue weighted by atomic mass is 10.2. The van der Waals surface area contributed by atoms with E-state index in [-0.39, 0.29) is 28.5 Å². The third kappa shape index (κ3) is 4.80. The fourth-order valence-corrected chi connectivity index (χ4v) is 4.09. The summed E-state index contributed by atoms with van der Waals surface area (Å²) >= 11 is 0. The van der Waals surface area contributed by atoms with Gasteiger partial charge < -0.3 is 14.8 Å². The van der Waals surface area contributed by atoms with E-state index in [2.05, 4.69) is 25.1 Å². The van der Waals surface area contributed by atoms with Crippen molar-refractivity contribution >= 4 is 27.4 Å². The van der Waals surface area contributed by atoms with Gasteiger partial charge in [0.05, 0.1) is 30.4 Å². The molecule has 11 nitrogen and oxygen atoms in total. The van der Waals surface area contributed by atoms with Gasteiger partial charge in [-0.3, -0.25) is 14.2 Å². The van der Waals surface area contributed by atoms with Crippen molar-refractivity contribution in [3.63, 3.8) is 0 Å². The molecule has 2 N–H and O–H groups in total. The van der Waals surface area contributed by atoms with Gasteiger partial charge in [0, 0.05) is 24.0 Å². The lowest BCUT2D eigenvalue weighted by Crippen LogP contribution is -2.16. The zero-order valence-electron chi connectivity index (χ0n) is 18.3. The molecule has 2 aromatic heterocycles. The number of methoxy groups -OCH3 is 2. The number of benzene rings is 1. The zero-order chi connectivity index (χ0) is 23.5. The van der Waals surface area contributed by atoms with Gasteiger partial charge in [0.1, 0.15) is 0 Å². The molecular weight excluding hydrogens is 436 g/mol. The number of hydrogen-bond donors (Lipinski definition) is 2. The van der Waals surface area contributed by atoms with E-state index in [1.54, 1.807) is 11.6 Å². The molecule has 0 aliphatic heterocycles. The largest absolute Gasteiger partial charge is 0.481 e. The Kier molecular flexibility index (Phi) is 6.63. The lowest BCUT2D eigenvalue weighted by molar-refractivity contribution is 0.102. The van der Waals surface area contributed by atoms with Crippen molar-refractivity contribution in [2.75, 3.05) is 24.3 Å². The van der Waals surface area contributed by atoms with E-state index in [0.29, 0.717) is 23.5 Å². The van der Waals surface area contributed by atoms with Crippen LogP contribution in [-0.2, 0) is 16.6 Å². The van der Waals surface area contributed by atoms with E-state index in [9.17, 15) is 13.2 Å². The number of rotatable bonds is 8. The normalized spacial score (nSPS) is 11.2. The molecule has 1 aromatic carbocycles. The van der Waals surface area contributed by atoms with Crippen LogP contribution in [0.4, 0.5) is 11.5 Å². The molecule has 0 bridgehead atoms. The van der Waals surface area contributed by atoms with Gasteiger partial charge in [0.25, 0.3) is 15.9 Å². The van der Waals surface area contributed by atoms with Crippen molar-refractivity contribution in [1.29, 1.82) is 0 Å². The second-order valence-corrected chi connectivity index (χ2v) is 8.41. The molecule has 0 atom stereocenters. The molecule has 0 unspecified atom stereocenters. The Balaban J connectivity index is 1.78. The van der Waals surface area contributed by atoms with Crippen molar-refractivity contribution in [2.45, 2.75) is 32.2 Å². The summed E-state index contributed by atoms with van der Waals surface area (Å²) in [5.74, 6) is -0.178. The van der Waals surface area contributed by atoms with E-state index in [0.717, 1.165) is 5.69 Å². The third-order valence-electron chi connectivity index (χ3n) is 4.64. The number of nitrogens with zero attached hydrogens (tertiary/aromatic N) is 4. The molecule has 3 aromatic rings. The Morgan fingerprint density at radius 1 is 1.09 bits per heavy atom. The summed E-state index contributed by atoms with van der Waals surface area (Å²) in [4.78, 5) is 20.6. The van der Waals surface area contributed by atoms with Gasteiger partial charge in [-0.2, -0.15) is 15.1 Å². The van der Waals surface area contributed by atoms with Crippen LogP contribution < -0.4 is 19.5 Å². The van der Waals surface area contributed by atoms with Crippen LogP contribution >= 0.6 is 0 Å². The lowest BCUT2D eigenvalue weighted by Gasteiger charge is -2.10. The quantitative estimate of drug-likeness (QED) is 0.523. The molecule has 3 rings (SSSR count). The van der Waals surface area contributed by atoms with Crippen LogP contribution in [0.25, 0.3) is 0 Å². The van der Waals surface area contributed by atoms with Gasteiger partial charge >= 0.3 is 6.01 Å². The maximum Gasteiger partial charge on any atom is 0.321 e. The van der Waals surface area contributed by atoms with Crippen LogP contribution in [0.1, 0.15) is 28.7 Å². The molecule has 0 spiro atoms. The average molecular weight is 461 g/mol. The first kappa shape index (κ1) is 23.0. The number of nitrogens with one attached hydrogen (secondary N) is 2. The highest BCUT2D eigenvalue weighted by atomic mass is 32.2. The summed E-state index contributed by atoms with van der Waals surface area (Å²) in [5, 5.41) is 7.12. The van der Waals surface area contributed by atoms with Crippen LogP contribution in [0.15, 0.2) is 35.2 Å². The molecule has 1 amide bonds. The third-order valence-corrected chi connectivity index (χ3v) is 6.01. The van der Waals surface area contributed by atoms with Crippen LogP contribution in [0.5, 0.6) is 11.9 Å². The van der Waals surface area contributed by atoms with E-state index in [1.807, 2.05) is 13.8 Å². The number of carbonyl (C=O) groups excluding carboxylic acids is 1. The van der Waals surface area contributed by atoms with Crippen LogP contribution in [-0.4, -0.2) is 48.3 Å². The van der Waals surface area contributed by atoms with Crippen LogP contribution in [0, 0.1) is 13.8 Å². The van der Waals surface area contributed by atoms with Crippen molar-refractivity contribution < 1.29 is 22.7 Å². The number of aryl methyl sites for hydroxylation is 2. The molecule has 32 heavy (non-hydrogen) atoms. The predicted octanol–water partition coefficient (Wildman–Crippen LogP) is 2.38. The number of aromatic nitrogens is 4. The van der Waals surface area contributed by atoms with Gasteiger partial charge in [-0.25, -0.2) is 8.42 Å². The smallest absolute Gasteiger partial charge is 0.321 e. The van der Waals surface area contributed by atoms with Crippen LogP contribution in [0.2, 0.25) is 0 Å². The summed E-state index contributed by atoms with van der Waals surface area (Å²) in [5.41, 5.74) is 2.34. The van der Waals surface area contributed by atoms with Gasteiger partial charge in [0.15, 0.2) is 5.82 Å². The van der Waals surface area contributed by atoms with Crippen LogP contribution in [0.3, 0.4) is 0 Å². The number of carbonyl (C=O) groups is 1. The maximum atomic E-state index is 12.7. The average Bonchev–Trinajstić information content (AvgIpc) is 3.06. The number of hydrogen-bond acceptors (Lipinski definition) is 8. The molecule has 12 heteroatoms. The SMILES string of the molecule is CCn1nc(C)c(C(=O)Nc2ccc(S(=O)(=O)Nc3cc(OC)nc(OC)n3)cc2)c1C. The minimum Gasteiger partial charge on any atom is -0.481 e. The van der Waals surface area contributed by atoms with Crippen molar-refractivity contribution in [3.8, 4) is 11.9 Å². The van der Waals surface area contributed by atoms with E-state index in [4.69, 9.17) is 9.47 Å². The standard InChI is InChI=1S/C20H24N6O5S/c1-6-26-13(3)18(12(2)24-26)19(27)21-14-7-9-15(10-8-14)32(28,29)25-16-11-17(30-4)23-20(22-16)31-5/h7-11H,6H2,1-5H3,(H,21,27)(H,22,23,25). The first-order chi connectivity index (χ1) is 15.2. The number of amides is 1. The topological polar surface area (TPSA) is 137 Å². The van der Waals surface area contributed by atoms with E-state index in [1.165, 1.54) is 44.6 Å². The second kappa shape index (κ2) is 9.22. The fraction of sp³-hybridized carbons (Fsp3) is 0.300. The Morgan fingerprint density at radius 2 is 1.78 bits per heavy atom. The molecule has 2 heterocycles. The van der Waals surface area contributed by atoms with Gasteiger partial charge in [-0.15, -0.1) is 0 Å². The summed E-state index contributed by atoms with van der Waals surface area (Å²) in [6.07, 6.45) is 0. The minimum atomic E-state index is -3.95. The highest BCUT2D eigenvalue weighted by molar-refractivity contribution is 7.92. The van der Waals surface area contributed by atoms with Gasteiger partial charge in [-0.05, 0) is 45.0 Å². The summed E-state index contributed by atoms with van der Waals surface area (Å²) < 4.78 is 39.5. The maximum absolute atomic E-state index is 12.7. The molecule has 0 radical (unpaired) electrons. The van der Waals surface area contributed by atoms with Gasteiger partial charge in [-0.1, -0.05) is 0 Å². The highest BCUT2D eigenvalue weighted by Gasteiger charge is 2.20. The highest BCUT2D eigenvalue weighted by Crippen LogP contribution is 2.22. The number of anilines is 2. The minimum absolute atomic E-state index is 0.00929. The number of ether oxygens (including phenoxy) is 2. The summed E-state index contributed by atoms with van der Waals surface area (Å²) in [6.45, 7) is 6.20. The van der Waals surface area contributed by atoms with Gasteiger partial charge in [0.2, 0.25) is 5.88 Å². The Bertz CT molecular complexity index is 1220. The molecule has 170 valence electrons. The van der Waals surface area contributed by atoms with Crippen molar-refractivity contribution in [2.24, 2.45) is 0 Å². The Labute approximate surface area is 185 Å². The summed E-state index contributed by atoms with van der Waals surface area (Å²) in [7, 11) is -1.20. The van der Waals surface area contributed by atoms with Crippen molar-refractivity contribution in [1.82, 2.24) is 19.7 Å². The van der Waals surface area contributed by atoms with E-state index < -0.39 is 10.0 Å². The zero-order valence-corrected chi connectivity index (χ0v) is 19.1. The summed E-state index contributed by atoms with van der Waals surface area (Å²) in [6, 6.07) is 7.05. The molecule has 0 aliphatic carbocycles. The predicted molar refractivity (Wildman–Crippen MR) is 118 cm³/mol. The molecule has 0 saturated heterocycles. The second-order valence-electron chi connectivity index (χ2n) is 6.73. The fourth-order valence-electron chi connectivity index (χ4n) is 3.09. The molecule has 0 aliphatic rings. The monoisotopic (exact) mass is 460 g/mol. The van der Waals surface area contributed by atoms with Crippen molar-refractivity contribution in [3.05, 3.63) is 47.3 Å². The molecule has 0 fully saturated rings. The first-order valence-electron chi connectivity index (χ1n) is 9.63. The first-order valence-corrected chi connectivity index (χ1v) is 11.1. The Morgan fingerprint density at radius 3 is 2.34 bits per heavy atom. The molecular formula is C20H24N6O5S. The number of sulfonamides is 1. The Hall–Kier alpha value is -3.67. The van der Waals surface area contributed by atoms with E-state index >= 15 is 0 Å². The molecule has 0 saturated carbocycles.